The Bertz CT molecular complexity index is 692. The van der Waals surface area contributed by atoms with E-state index in [2.05, 4.69) is 16.6 Å². The van der Waals surface area contributed by atoms with E-state index in [9.17, 15) is 36.0 Å². The highest BCUT2D eigenvalue weighted by Crippen LogP contribution is 2.26. The van der Waals surface area contributed by atoms with E-state index in [4.69, 9.17) is 0 Å². The SMILES string of the molecule is C=CC1CC(C(=O)OC(=O)C(F)(F)F)N(CCS(=O)(=O)CCNC(C)=O)C1. The van der Waals surface area contributed by atoms with Crippen molar-refractivity contribution < 1.29 is 40.7 Å². The fraction of sp³-hybridized carbons (Fsp3) is 0.667. The van der Waals surface area contributed by atoms with Gasteiger partial charge in [-0.2, -0.15) is 13.2 Å². The van der Waals surface area contributed by atoms with Crippen molar-refractivity contribution in [2.24, 2.45) is 5.92 Å². The maximum Gasteiger partial charge on any atom is 0.491 e. The number of nitrogens with zero attached hydrogens (tertiary/aromatic N) is 1. The van der Waals surface area contributed by atoms with Gasteiger partial charge in [0.2, 0.25) is 5.91 Å². The number of sulfone groups is 1. The van der Waals surface area contributed by atoms with Crippen molar-refractivity contribution in [3.8, 4) is 0 Å². The molecule has 1 aliphatic heterocycles. The molecule has 0 aromatic rings. The number of halogens is 3. The number of ether oxygens (including phenoxy) is 1. The summed E-state index contributed by atoms with van der Waals surface area (Å²) < 4.78 is 64.6. The maximum atomic E-state index is 12.3. The third-order valence-electron chi connectivity index (χ3n) is 3.94. The van der Waals surface area contributed by atoms with Gasteiger partial charge in [-0.1, -0.05) is 6.08 Å². The zero-order valence-electron chi connectivity index (χ0n) is 14.6. The second-order valence-electron chi connectivity index (χ2n) is 6.08. The summed E-state index contributed by atoms with van der Waals surface area (Å²) in [5.41, 5.74) is 0. The van der Waals surface area contributed by atoms with Crippen LogP contribution in [0.1, 0.15) is 13.3 Å². The van der Waals surface area contributed by atoms with Gasteiger partial charge in [0.25, 0.3) is 0 Å². The minimum atomic E-state index is -5.30. The molecule has 0 aromatic carbocycles. The molecule has 1 rings (SSSR count). The summed E-state index contributed by atoms with van der Waals surface area (Å²) in [6.07, 6.45) is -3.74. The van der Waals surface area contributed by atoms with Gasteiger partial charge < -0.3 is 10.1 Å². The molecular weight excluding hydrogens is 393 g/mol. The second-order valence-corrected chi connectivity index (χ2v) is 8.39. The molecule has 2 atom stereocenters. The number of hydrogen-bond acceptors (Lipinski definition) is 7. The number of hydrogen-bond donors (Lipinski definition) is 1. The lowest BCUT2D eigenvalue weighted by Gasteiger charge is -2.22. The number of likely N-dealkylation sites (tertiary alicyclic amines) is 1. The Morgan fingerprint density at radius 1 is 1.30 bits per heavy atom. The summed E-state index contributed by atoms with van der Waals surface area (Å²) in [6.45, 7) is 4.79. The molecule has 27 heavy (non-hydrogen) atoms. The van der Waals surface area contributed by atoms with Gasteiger partial charge in [-0.3, -0.25) is 9.69 Å². The number of esters is 2. The van der Waals surface area contributed by atoms with Crippen molar-refractivity contribution in [2.75, 3.05) is 31.1 Å². The van der Waals surface area contributed by atoms with E-state index in [0.29, 0.717) is 0 Å². The van der Waals surface area contributed by atoms with E-state index >= 15 is 0 Å². The van der Waals surface area contributed by atoms with Crippen LogP contribution in [0.4, 0.5) is 13.2 Å². The minimum absolute atomic E-state index is 0.0689. The summed E-state index contributed by atoms with van der Waals surface area (Å²) in [6, 6.07) is -1.18. The van der Waals surface area contributed by atoms with Gasteiger partial charge in [-0.05, 0) is 12.3 Å². The van der Waals surface area contributed by atoms with Crippen LogP contribution in [0.15, 0.2) is 12.7 Å². The smallest absolute Gasteiger partial charge is 0.385 e. The van der Waals surface area contributed by atoms with E-state index in [1.54, 1.807) is 0 Å². The Balaban J connectivity index is 2.70. The quantitative estimate of drug-likeness (QED) is 0.339. The van der Waals surface area contributed by atoms with Gasteiger partial charge in [0.15, 0.2) is 9.84 Å². The van der Waals surface area contributed by atoms with Crippen LogP contribution in [-0.4, -0.2) is 74.5 Å². The molecule has 1 heterocycles. The summed E-state index contributed by atoms with van der Waals surface area (Å²) in [5.74, 6) is -5.31. The molecule has 1 N–H and O–H groups in total. The minimum Gasteiger partial charge on any atom is -0.385 e. The molecule has 0 aliphatic carbocycles. The first-order chi connectivity index (χ1) is 12.4. The molecule has 1 fully saturated rings. The first-order valence-electron chi connectivity index (χ1n) is 8.00. The Labute approximate surface area is 154 Å². The average molecular weight is 414 g/mol. The number of alkyl halides is 3. The maximum absolute atomic E-state index is 12.3. The lowest BCUT2D eigenvalue weighted by Crippen LogP contribution is -2.42. The third-order valence-corrected chi connectivity index (χ3v) is 5.57. The standard InChI is InChI=1S/C15H21F3N2O6S/c1-3-11-8-12(13(22)26-14(23)15(16,17)18)20(9-11)5-7-27(24,25)6-4-19-10(2)21/h3,11-12H,1,4-9H2,2H3,(H,19,21). The van der Waals surface area contributed by atoms with Gasteiger partial charge in [0.05, 0.1) is 11.5 Å². The molecule has 8 nitrogen and oxygen atoms in total. The van der Waals surface area contributed by atoms with Crippen molar-refractivity contribution in [1.82, 2.24) is 10.2 Å². The zero-order chi connectivity index (χ0) is 20.8. The molecule has 1 aliphatic rings. The van der Waals surface area contributed by atoms with Crippen molar-refractivity contribution in [3.63, 3.8) is 0 Å². The first kappa shape index (κ1) is 23.1. The summed E-state index contributed by atoms with van der Waals surface area (Å²) >= 11 is 0. The average Bonchev–Trinajstić information content (AvgIpc) is 2.95. The van der Waals surface area contributed by atoms with Crippen LogP contribution in [0.3, 0.4) is 0 Å². The van der Waals surface area contributed by atoms with Crippen molar-refractivity contribution >= 4 is 27.7 Å². The molecule has 0 aromatic heterocycles. The summed E-state index contributed by atoms with van der Waals surface area (Å²) in [5, 5.41) is 2.35. The van der Waals surface area contributed by atoms with E-state index in [0.717, 1.165) is 0 Å². The molecule has 0 radical (unpaired) electrons. The molecule has 1 saturated heterocycles. The molecule has 0 bridgehead atoms. The van der Waals surface area contributed by atoms with E-state index in [-0.39, 0.29) is 49.4 Å². The highest BCUT2D eigenvalue weighted by molar-refractivity contribution is 7.91. The van der Waals surface area contributed by atoms with Crippen molar-refractivity contribution in [2.45, 2.75) is 25.6 Å². The van der Waals surface area contributed by atoms with Crippen LogP contribution in [-0.2, 0) is 29.0 Å². The topological polar surface area (TPSA) is 110 Å². The molecule has 2 unspecified atom stereocenters. The predicted octanol–water partition coefficient (Wildman–Crippen LogP) is 0.0459. The first-order valence-corrected chi connectivity index (χ1v) is 9.82. The highest BCUT2D eigenvalue weighted by Gasteiger charge is 2.45. The van der Waals surface area contributed by atoms with Gasteiger partial charge in [0, 0.05) is 26.6 Å². The fourth-order valence-corrected chi connectivity index (χ4v) is 3.69. The number of amides is 1. The van der Waals surface area contributed by atoms with Crippen molar-refractivity contribution in [1.29, 1.82) is 0 Å². The largest absolute Gasteiger partial charge is 0.491 e. The van der Waals surface area contributed by atoms with Crippen LogP contribution in [0.2, 0.25) is 0 Å². The summed E-state index contributed by atoms with van der Waals surface area (Å²) in [7, 11) is -3.57. The zero-order valence-corrected chi connectivity index (χ0v) is 15.4. The molecule has 12 heteroatoms. The van der Waals surface area contributed by atoms with Gasteiger partial charge >= 0.3 is 18.1 Å². The van der Waals surface area contributed by atoms with Crippen LogP contribution in [0, 0.1) is 5.92 Å². The van der Waals surface area contributed by atoms with Crippen molar-refractivity contribution in [3.05, 3.63) is 12.7 Å². The monoisotopic (exact) mass is 414 g/mol. The van der Waals surface area contributed by atoms with E-state index in [1.165, 1.54) is 17.9 Å². The fourth-order valence-electron chi connectivity index (χ4n) is 2.56. The normalized spacial score (nSPS) is 20.9. The number of nitrogens with one attached hydrogen (secondary N) is 1. The Kier molecular flexibility index (Phi) is 7.96. The van der Waals surface area contributed by atoms with Gasteiger partial charge in [0.1, 0.15) is 6.04 Å². The van der Waals surface area contributed by atoms with E-state index in [1.807, 2.05) is 0 Å². The lowest BCUT2D eigenvalue weighted by atomic mass is 10.1. The van der Waals surface area contributed by atoms with Crippen LogP contribution < -0.4 is 5.32 Å². The Morgan fingerprint density at radius 2 is 1.93 bits per heavy atom. The number of carbonyl (C=O) groups excluding carboxylic acids is 3. The molecule has 0 saturated carbocycles. The summed E-state index contributed by atoms with van der Waals surface area (Å²) in [4.78, 5) is 34.9. The molecule has 154 valence electrons. The predicted molar refractivity (Wildman–Crippen MR) is 88.2 cm³/mol. The number of rotatable bonds is 8. The highest BCUT2D eigenvalue weighted by atomic mass is 32.2. The lowest BCUT2D eigenvalue weighted by molar-refractivity contribution is -0.203. The molecule has 1 amide bonds. The van der Waals surface area contributed by atoms with Crippen LogP contribution in [0.25, 0.3) is 0 Å². The van der Waals surface area contributed by atoms with E-state index < -0.39 is 34.0 Å². The van der Waals surface area contributed by atoms with Crippen LogP contribution >= 0.6 is 0 Å². The Hall–Kier alpha value is -1.95. The third kappa shape index (κ3) is 7.67. The number of carbonyl (C=O) groups is 3. The second kappa shape index (κ2) is 9.31. The van der Waals surface area contributed by atoms with Gasteiger partial charge in [-0.15, -0.1) is 6.58 Å². The van der Waals surface area contributed by atoms with Gasteiger partial charge in [-0.25, -0.2) is 18.0 Å². The molecular formula is C15H21F3N2O6S. The molecule has 0 spiro atoms. The Morgan fingerprint density at radius 3 is 2.44 bits per heavy atom. The van der Waals surface area contributed by atoms with Crippen LogP contribution in [0.5, 0.6) is 0 Å².